The molecular weight excluding hydrogens is 469 g/mol. The summed E-state index contributed by atoms with van der Waals surface area (Å²) in [6.07, 6.45) is -4.78. The molecule has 12 heteroatoms. The third-order valence-electron chi connectivity index (χ3n) is 5.25. The van der Waals surface area contributed by atoms with E-state index in [4.69, 9.17) is 14.3 Å². The van der Waals surface area contributed by atoms with Crippen molar-refractivity contribution in [2.45, 2.75) is 13.1 Å². The van der Waals surface area contributed by atoms with Gasteiger partial charge in [0.05, 0.1) is 11.3 Å². The van der Waals surface area contributed by atoms with Gasteiger partial charge in [-0.15, -0.1) is 0 Å². The van der Waals surface area contributed by atoms with Gasteiger partial charge < -0.3 is 14.3 Å². The number of fused-ring (bicyclic) bond motifs is 2. The number of ether oxygens (including phenoxy) is 1. The van der Waals surface area contributed by atoms with Crippen LogP contribution in [0.1, 0.15) is 11.4 Å². The lowest BCUT2D eigenvalue weighted by Crippen LogP contribution is -2.20. The monoisotopic (exact) mass is 484 g/mol. The average Bonchev–Trinajstić information content (AvgIpc) is 3.40. The van der Waals surface area contributed by atoms with E-state index in [9.17, 15) is 22.8 Å². The fourth-order valence-corrected chi connectivity index (χ4v) is 3.79. The number of aromatic amines is 1. The van der Waals surface area contributed by atoms with Gasteiger partial charge in [-0.3, -0.25) is 9.89 Å². The highest BCUT2D eigenvalue weighted by molar-refractivity contribution is 5.84. The van der Waals surface area contributed by atoms with E-state index >= 15 is 0 Å². The Kier molecular flexibility index (Phi) is 5.08. The lowest BCUT2D eigenvalue weighted by Gasteiger charge is -2.07. The van der Waals surface area contributed by atoms with Gasteiger partial charge in [-0.05, 0) is 24.6 Å². The highest BCUT2D eigenvalue weighted by atomic mass is 19.4. The second-order valence-corrected chi connectivity index (χ2v) is 7.57. The Morgan fingerprint density at radius 1 is 1.11 bits per heavy atom. The van der Waals surface area contributed by atoms with Crippen LogP contribution in [0.15, 0.2) is 57.7 Å². The number of rotatable bonds is 5. The van der Waals surface area contributed by atoms with Crippen LogP contribution in [0.3, 0.4) is 0 Å². The molecule has 0 radical (unpaired) electrons. The second-order valence-electron chi connectivity index (χ2n) is 7.57. The molecule has 0 spiro atoms. The molecule has 35 heavy (non-hydrogen) atoms. The number of benzene rings is 2. The Bertz CT molecular complexity index is 1650. The smallest absolute Gasteiger partial charge is 0.433 e. The fraction of sp³-hybridized carbons (Fsp3) is 0.130. The molecule has 3 aromatic heterocycles. The largest absolute Gasteiger partial charge is 0.479 e. The number of nitrogens with one attached hydrogen (secondary N) is 1. The van der Waals surface area contributed by atoms with E-state index < -0.39 is 30.0 Å². The molecule has 5 aromatic rings. The van der Waals surface area contributed by atoms with Crippen molar-refractivity contribution in [2.75, 3.05) is 6.61 Å². The minimum atomic E-state index is -4.78. The molecule has 2 aromatic carbocycles. The van der Waals surface area contributed by atoms with Crippen molar-refractivity contribution >= 4 is 22.7 Å². The van der Waals surface area contributed by atoms with Crippen LogP contribution in [0, 0.1) is 6.92 Å². The summed E-state index contributed by atoms with van der Waals surface area (Å²) in [6.45, 7) is 0.837. The van der Waals surface area contributed by atoms with Gasteiger partial charge in [0.15, 0.2) is 23.4 Å². The molecule has 0 saturated carbocycles. The van der Waals surface area contributed by atoms with Crippen LogP contribution in [0.25, 0.3) is 39.3 Å². The molecule has 0 saturated heterocycles. The number of aromatic nitrogens is 4. The minimum Gasteiger partial charge on any atom is -0.479 e. The summed E-state index contributed by atoms with van der Waals surface area (Å²) in [5, 5.41) is 11.0. The first-order chi connectivity index (χ1) is 16.6. The van der Waals surface area contributed by atoms with E-state index in [2.05, 4.69) is 15.1 Å². The Hall–Kier alpha value is -4.61. The third-order valence-corrected chi connectivity index (χ3v) is 5.25. The predicted octanol–water partition coefficient (Wildman–Crippen LogP) is 4.29. The number of hydrogen-bond donors (Lipinski definition) is 2. The highest BCUT2D eigenvalue weighted by Crippen LogP contribution is 2.38. The Morgan fingerprint density at radius 2 is 1.86 bits per heavy atom. The zero-order chi connectivity index (χ0) is 24.9. The van der Waals surface area contributed by atoms with Crippen LogP contribution >= 0.6 is 0 Å². The summed E-state index contributed by atoms with van der Waals surface area (Å²) in [5.41, 5.74) is -1.90. The van der Waals surface area contributed by atoms with Crippen LogP contribution in [0.2, 0.25) is 0 Å². The summed E-state index contributed by atoms with van der Waals surface area (Å²) >= 11 is 0. The molecule has 0 amide bonds. The number of hydrogen-bond acceptors (Lipinski definition) is 6. The van der Waals surface area contributed by atoms with Crippen LogP contribution in [-0.2, 0) is 11.0 Å². The van der Waals surface area contributed by atoms with Gasteiger partial charge in [0.2, 0.25) is 5.89 Å². The predicted molar refractivity (Wildman–Crippen MR) is 117 cm³/mol. The first kappa shape index (κ1) is 22.2. The van der Waals surface area contributed by atoms with Crippen LogP contribution in [0.5, 0.6) is 5.75 Å². The molecule has 0 aliphatic heterocycles. The van der Waals surface area contributed by atoms with Gasteiger partial charge in [-0.2, -0.15) is 17.7 Å². The summed E-state index contributed by atoms with van der Waals surface area (Å²) < 4.78 is 53.2. The van der Waals surface area contributed by atoms with Gasteiger partial charge in [0, 0.05) is 0 Å². The number of halogens is 3. The number of carboxylic acids is 1. The topological polar surface area (TPSA) is 123 Å². The van der Waals surface area contributed by atoms with Gasteiger partial charge in [0.1, 0.15) is 17.0 Å². The number of carboxylic acid groups (broad SMARTS) is 1. The van der Waals surface area contributed by atoms with Crippen molar-refractivity contribution in [3.8, 4) is 28.3 Å². The van der Waals surface area contributed by atoms with Crippen LogP contribution in [0.4, 0.5) is 13.2 Å². The number of carbonyl (C=O) groups is 1. The van der Waals surface area contributed by atoms with Crippen LogP contribution < -0.4 is 10.3 Å². The average molecular weight is 484 g/mol. The van der Waals surface area contributed by atoms with E-state index in [1.54, 1.807) is 24.3 Å². The van der Waals surface area contributed by atoms with E-state index in [1.807, 2.05) is 0 Å². The van der Waals surface area contributed by atoms with Gasteiger partial charge in [-0.1, -0.05) is 36.4 Å². The van der Waals surface area contributed by atoms with Crippen molar-refractivity contribution in [3.05, 3.63) is 70.3 Å². The Morgan fingerprint density at radius 3 is 2.54 bits per heavy atom. The molecule has 9 nitrogen and oxygen atoms in total. The number of oxazole rings is 1. The quantitative estimate of drug-likeness (QED) is 0.382. The molecule has 0 aliphatic carbocycles. The zero-order valence-corrected chi connectivity index (χ0v) is 17.9. The van der Waals surface area contributed by atoms with Crippen molar-refractivity contribution < 1.29 is 32.2 Å². The normalized spacial score (nSPS) is 11.9. The SMILES string of the molecule is Cc1nc2c(-c3ccccc3)c(C(F)(F)F)[nH]n2c(=O)c1-c1nc2c(OCC(=O)O)cccc2o1. The highest BCUT2D eigenvalue weighted by Gasteiger charge is 2.38. The molecule has 0 bridgehead atoms. The molecule has 5 rings (SSSR count). The number of H-pyrrole nitrogens is 1. The van der Waals surface area contributed by atoms with Gasteiger partial charge >= 0.3 is 12.1 Å². The molecular formula is C23H15F3N4O5. The van der Waals surface area contributed by atoms with Crippen LogP contribution in [-0.4, -0.2) is 37.3 Å². The molecule has 2 N–H and O–H groups in total. The second kappa shape index (κ2) is 8.01. The number of aliphatic carboxylic acids is 1. The van der Waals surface area contributed by atoms with Crippen molar-refractivity contribution in [1.82, 2.24) is 19.6 Å². The maximum absolute atomic E-state index is 13.9. The van der Waals surface area contributed by atoms with E-state index in [0.29, 0.717) is 4.52 Å². The first-order valence-electron chi connectivity index (χ1n) is 10.2. The standard InChI is InChI=1S/C23H15F3N4O5/c1-11-16(21-28-18-13(34-10-15(31)32)8-5-9-14(18)35-21)22(33)30-20(27-11)17(12-6-3-2-4-7-12)19(29-30)23(24,25)26/h2-9,29H,10H2,1H3,(H,31,32). The van der Waals surface area contributed by atoms with E-state index in [1.165, 1.54) is 31.2 Å². The lowest BCUT2D eigenvalue weighted by atomic mass is 10.1. The summed E-state index contributed by atoms with van der Waals surface area (Å²) in [7, 11) is 0. The molecule has 0 unspecified atom stereocenters. The van der Waals surface area contributed by atoms with Gasteiger partial charge in [-0.25, -0.2) is 14.8 Å². The maximum atomic E-state index is 13.9. The maximum Gasteiger partial charge on any atom is 0.433 e. The van der Waals surface area contributed by atoms with Crippen molar-refractivity contribution in [1.29, 1.82) is 0 Å². The number of alkyl halides is 3. The molecule has 178 valence electrons. The summed E-state index contributed by atoms with van der Waals surface area (Å²) in [6, 6.07) is 12.4. The number of nitrogens with zero attached hydrogens (tertiary/aromatic N) is 3. The Labute approximate surface area is 193 Å². The summed E-state index contributed by atoms with van der Waals surface area (Å²) in [5.74, 6) is -1.28. The fourth-order valence-electron chi connectivity index (χ4n) is 3.79. The Balaban J connectivity index is 1.74. The first-order valence-corrected chi connectivity index (χ1v) is 10.2. The molecule has 0 fully saturated rings. The third kappa shape index (κ3) is 3.78. The zero-order valence-electron chi connectivity index (χ0n) is 17.9. The minimum absolute atomic E-state index is 0.0967. The van der Waals surface area contributed by atoms with Crippen molar-refractivity contribution in [3.63, 3.8) is 0 Å². The lowest BCUT2D eigenvalue weighted by molar-refractivity contribution is -0.141. The number of para-hydroxylation sites is 1. The van der Waals surface area contributed by atoms with E-state index in [-0.39, 0.29) is 50.8 Å². The van der Waals surface area contributed by atoms with E-state index in [0.717, 1.165) is 0 Å². The van der Waals surface area contributed by atoms with Crippen molar-refractivity contribution in [2.24, 2.45) is 0 Å². The molecule has 0 aliphatic rings. The molecule has 0 atom stereocenters. The summed E-state index contributed by atoms with van der Waals surface area (Å²) in [4.78, 5) is 32.8. The number of aryl methyl sites for hydroxylation is 1. The molecule has 3 heterocycles. The van der Waals surface area contributed by atoms with Gasteiger partial charge in [0.25, 0.3) is 5.56 Å².